The summed E-state index contributed by atoms with van der Waals surface area (Å²) in [6.07, 6.45) is 3.18. The number of pyridine rings is 2. The van der Waals surface area contributed by atoms with E-state index in [0.717, 1.165) is 44.1 Å². The van der Waals surface area contributed by atoms with Crippen molar-refractivity contribution in [1.29, 1.82) is 0 Å². The Kier molecular flexibility index (Phi) is 7.89. The molecule has 9 aromatic rings. The van der Waals surface area contributed by atoms with Crippen LogP contribution in [0.2, 0.25) is 19.6 Å². The van der Waals surface area contributed by atoms with Crippen LogP contribution in [0.25, 0.3) is 77.1 Å². The number of rotatable bonds is 4. The number of fused-ring (bicyclic) bond motifs is 7. The van der Waals surface area contributed by atoms with Crippen molar-refractivity contribution < 1.29 is 32.7 Å². The van der Waals surface area contributed by atoms with Gasteiger partial charge < -0.3 is 14.4 Å². The first-order valence-electron chi connectivity index (χ1n) is 19.9. The molecular weight excluding hydrogens is 829 g/mol. The zero-order chi connectivity index (χ0) is 40.1. The maximum Gasteiger partial charge on any atom is 0.129 e. The minimum atomic E-state index is -2.18. The topological polar surface area (TPSA) is 38.9 Å². The summed E-state index contributed by atoms with van der Waals surface area (Å²) in [6, 6.07) is 48.4. The van der Waals surface area contributed by atoms with E-state index in [9.17, 15) is 0 Å². The van der Waals surface area contributed by atoms with E-state index >= 15 is 0 Å². The molecule has 0 fully saturated rings. The van der Waals surface area contributed by atoms with E-state index in [4.69, 9.17) is 17.6 Å². The van der Waals surface area contributed by atoms with Gasteiger partial charge in [0.15, 0.2) is 0 Å². The second kappa shape index (κ2) is 14.4. The van der Waals surface area contributed by atoms with E-state index < -0.39 is 21.8 Å². The van der Waals surface area contributed by atoms with Crippen LogP contribution in [0.3, 0.4) is 0 Å². The summed E-state index contributed by atoms with van der Waals surface area (Å²) < 4.78 is 50.3. The molecule has 0 spiro atoms. The number of aromatic nitrogens is 2. The molecule has 6 aromatic carbocycles. The van der Waals surface area contributed by atoms with Gasteiger partial charge in [-0.1, -0.05) is 134 Å². The Morgan fingerprint density at radius 3 is 2.15 bits per heavy atom. The SMILES string of the molecule is C[Si](C)(C)c1ccc(-c2ccnc(-c3[c-]ccc4c3oc3c4ccc4ccc5ccccc5c43)c2)cc1.[2H]C([2H])([2H])c1c[c-]c(-c2ccc(C([2H])([2H])[2H])cn2)cc1.[Ir]. The van der Waals surface area contributed by atoms with Gasteiger partial charge in [-0.3, -0.25) is 0 Å². The summed E-state index contributed by atoms with van der Waals surface area (Å²) in [4.78, 5) is 8.82. The van der Waals surface area contributed by atoms with Crippen molar-refractivity contribution in [1.82, 2.24) is 9.97 Å². The van der Waals surface area contributed by atoms with Gasteiger partial charge in [0.25, 0.3) is 0 Å². The molecule has 0 saturated carbocycles. The summed E-state index contributed by atoms with van der Waals surface area (Å²) in [7, 11) is -1.33. The van der Waals surface area contributed by atoms with Gasteiger partial charge in [0.05, 0.1) is 13.7 Å². The molecule has 0 unspecified atom stereocenters. The maximum atomic E-state index is 7.28. The van der Waals surface area contributed by atoms with E-state index in [1.165, 1.54) is 51.3 Å². The number of hydrogen-bond acceptors (Lipinski definition) is 3. The first kappa shape index (κ1) is 28.4. The predicted octanol–water partition coefficient (Wildman–Crippen LogP) is 12.1. The van der Waals surface area contributed by atoms with Crippen LogP contribution in [0.1, 0.15) is 19.4 Å². The molecule has 0 amide bonds. The van der Waals surface area contributed by atoms with E-state index in [2.05, 4.69) is 128 Å². The molecule has 0 saturated heterocycles. The standard InChI is InChI=1S/C34H26NOSi.C13H12N.Ir/c1-37(2,3)26-16-13-22(14-17-26)25-19-20-35-31(21-25)30-10-6-9-28-29-18-15-24-12-11-23-7-4-5-8-27(23)32(24)34(29)36-33(28)30;1-10-3-6-12(7-4-10)13-8-5-11(2)9-14-13;/h4-9,11-21H,1-3H3;3-6,8-9H,1-2H3;/q2*-1;/i;1D3,2D3;. The van der Waals surface area contributed by atoms with Gasteiger partial charge >= 0.3 is 0 Å². The Hall–Kier alpha value is -5.19. The molecule has 3 nitrogen and oxygen atoms in total. The third kappa shape index (κ3) is 6.88. The number of hydrogen-bond donors (Lipinski definition) is 0. The van der Waals surface area contributed by atoms with Crippen LogP contribution in [0.15, 0.2) is 144 Å². The van der Waals surface area contributed by atoms with E-state index in [1.807, 2.05) is 12.3 Å². The van der Waals surface area contributed by atoms with Gasteiger partial charge in [0.2, 0.25) is 0 Å². The van der Waals surface area contributed by atoms with Crippen LogP contribution < -0.4 is 5.19 Å². The summed E-state index contributed by atoms with van der Waals surface area (Å²) in [6.45, 7) is 2.79. The summed E-state index contributed by atoms with van der Waals surface area (Å²) in [5, 5.41) is 8.42. The summed E-state index contributed by atoms with van der Waals surface area (Å²) in [5.41, 5.74) is 7.39. The molecule has 9 rings (SSSR count). The molecule has 3 aromatic heterocycles. The fourth-order valence-corrected chi connectivity index (χ4v) is 7.69. The number of nitrogens with zero attached hydrogens (tertiary/aromatic N) is 2. The van der Waals surface area contributed by atoms with Crippen LogP contribution >= 0.6 is 0 Å². The van der Waals surface area contributed by atoms with Crippen molar-refractivity contribution >= 4 is 56.7 Å². The van der Waals surface area contributed by atoms with Crippen LogP contribution in [0.4, 0.5) is 0 Å². The summed E-state index contributed by atoms with van der Waals surface area (Å²) in [5.74, 6) is 0. The monoisotopic (exact) mass is 873 g/mol. The molecule has 0 aliphatic rings. The Morgan fingerprint density at radius 1 is 0.635 bits per heavy atom. The van der Waals surface area contributed by atoms with Gasteiger partial charge in [-0.25, -0.2) is 0 Å². The van der Waals surface area contributed by atoms with Crippen LogP contribution in [-0.4, -0.2) is 18.0 Å². The second-order valence-corrected chi connectivity index (χ2v) is 18.8. The van der Waals surface area contributed by atoms with Gasteiger partial charge in [0, 0.05) is 51.5 Å². The van der Waals surface area contributed by atoms with Gasteiger partial charge in [-0.2, -0.15) is 0 Å². The van der Waals surface area contributed by atoms with Gasteiger partial charge in [0.1, 0.15) is 5.58 Å². The molecular formula is C47H38IrN2OSi-2. The zero-order valence-corrected chi connectivity index (χ0v) is 32.3. The van der Waals surface area contributed by atoms with Crippen LogP contribution in [0, 0.1) is 25.8 Å². The van der Waals surface area contributed by atoms with Crippen molar-refractivity contribution in [3.63, 3.8) is 0 Å². The Bertz CT molecular complexity index is 2840. The number of aryl methyl sites for hydroxylation is 2. The van der Waals surface area contributed by atoms with Crippen LogP contribution in [0.5, 0.6) is 0 Å². The Morgan fingerprint density at radius 2 is 1.40 bits per heavy atom. The van der Waals surface area contributed by atoms with Gasteiger partial charge in [-0.05, 0) is 57.2 Å². The van der Waals surface area contributed by atoms with Gasteiger partial charge in [-0.15, -0.1) is 53.6 Å². The normalized spacial score (nSPS) is 13.6. The molecule has 0 bridgehead atoms. The van der Waals surface area contributed by atoms with Crippen molar-refractivity contribution in [2.45, 2.75) is 33.3 Å². The first-order chi connectivity index (χ1) is 27.1. The third-order valence-electron chi connectivity index (χ3n) is 9.26. The molecule has 257 valence electrons. The second-order valence-electron chi connectivity index (χ2n) is 13.7. The predicted molar refractivity (Wildman–Crippen MR) is 217 cm³/mol. The average molecular weight is 873 g/mol. The molecule has 1 radical (unpaired) electrons. The molecule has 0 atom stereocenters. The molecule has 3 heterocycles. The maximum absolute atomic E-state index is 7.28. The average Bonchev–Trinajstić information content (AvgIpc) is 3.59. The molecule has 0 aliphatic carbocycles. The van der Waals surface area contributed by atoms with E-state index in [1.54, 1.807) is 12.1 Å². The third-order valence-corrected chi connectivity index (χ3v) is 11.3. The minimum Gasteiger partial charge on any atom is -0.500 e. The zero-order valence-electron chi connectivity index (χ0n) is 34.9. The molecule has 0 N–H and O–H groups in total. The largest absolute Gasteiger partial charge is 0.500 e. The first-order valence-corrected chi connectivity index (χ1v) is 20.4. The van der Waals surface area contributed by atoms with Crippen molar-refractivity contribution in [3.8, 4) is 33.6 Å². The minimum absolute atomic E-state index is 0. The number of furan rings is 1. The quantitative estimate of drug-likeness (QED) is 0.100. The fraction of sp³-hybridized carbons (Fsp3) is 0.106. The van der Waals surface area contributed by atoms with Crippen molar-refractivity contribution in [2.75, 3.05) is 0 Å². The molecule has 0 aliphatic heterocycles. The van der Waals surface area contributed by atoms with E-state index in [-0.39, 0.29) is 31.2 Å². The Balaban J connectivity index is 0.000000208. The van der Waals surface area contributed by atoms with Crippen molar-refractivity contribution in [3.05, 3.63) is 163 Å². The Labute approximate surface area is 328 Å². The summed E-state index contributed by atoms with van der Waals surface area (Å²) >= 11 is 0. The number of benzene rings is 6. The molecule has 52 heavy (non-hydrogen) atoms. The van der Waals surface area contributed by atoms with E-state index in [0.29, 0.717) is 11.3 Å². The molecule has 5 heteroatoms. The van der Waals surface area contributed by atoms with Crippen molar-refractivity contribution in [2.24, 2.45) is 0 Å². The fourth-order valence-electron chi connectivity index (χ4n) is 6.52. The smallest absolute Gasteiger partial charge is 0.129 e. The van der Waals surface area contributed by atoms with Crippen LogP contribution in [-0.2, 0) is 20.1 Å².